The van der Waals surface area contributed by atoms with Gasteiger partial charge >= 0.3 is 0 Å². The highest BCUT2D eigenvalue weighted by Crippen LogP contribution is 2.39. The summed E-state index contributed by atoms with van der Waals surface area (Å²) in [5.41, 5.74) is 3.20. The Kier molecular flexibility index (Phi) is 2.84. The summed E-state index contributed by atoms with van der Waals surface area (Å²) in [7, 11) is 0. The Labute approximate surface area is 111 Å². The van der Waals surface area contributed by atoms with Crippen LogP contribution in [-0.4, -0.2) is 15.0 Å². The van der Waals surface area contributed by atoms with Crippen molar-refractivity contribution in [3.63, 3.8) is 0 Å². The van der Waals surface area contributed by atoms with Gasteiger partial charge in [-0.3, -0.25) is 0 Å². The molecule has 0 spiro atoms. The Hall–Kier alpha value is -2.48. The molecule has 0 saturated heterocycles. The Morgan fingerprint density at radius 2 is 2.21 bits per heavy atom. The lowest BCUT2D eigenvalue weighted by molar-refractivity contribution is 1.02. The number of aromatic nitrogens is 3. The first kappa shape index (κ1) is 11.6. The molecule has 3 rings (SSSR count). The molecule has 2 aromatic rings. The number of anilines is 2. The first-order chi connectivity index (χ1) is 9.28. The number of pyridine rings is 1. The number of aryl methyl sites for hydroxylation is 1. The summed E-state index contributed by atoms with van der Waals surface area (Å²) < 4.78 is 0. The van der Waals surface area contributed by atoms with Crippen LogP contribution in [0.5, 0.6) is 0 Å². The van der Waals surface area contributed by atoms with Crippen molar-refractivity contribution in [1.82, 2.24) is 15.0 Å². The molecule has 5 heteroatoms. The summed E-state index contributed by atoms with van der Waals surface area (Å²) in [6.07, 6.45) is 5.56. The highest BCUT2D eigenvalue weighted by Gasteiger charge is 2.25. The first-order valence-corrected chi connectivity index (χ1v) is 6.22. The van der Waals surface area contributed by atoms with Crippen molar-refractivity contribution >= 4 is 11.5 Å². The third-order valence-electron chi connectivity index (χ3n) is 3.20. The molecule has 0 aliphatic heterocycles. The fourth-order valence-electron chi connectivity index (χ4n) is 1.91. The number of hydrogen-bond acceptors (Lipinski definition) is 5. The van der Waals surface area contributed by atoms with E-state index < -0.39 is 0 Å². The molecule has 1 N–H and O–H groups in total. The second-order valence-corrected chi connectivity index (χ2v) is 4.67. The molecule has 0 bridgehead atoms. The van der Waals surface area contributed by atoms with Gasteiger partial charge in [0.05, 0.1) is 23.1 Å². The normalized spacial score (nSPS) is 13.9. The van der Waals surface area contributed by atoms with Gasteiger partial charge in [-0.1, -0.05) is 0 Å². The van der Waals surface area contributed by atoms with Crippen molar-refractivity contribution in [1.29, 1.82) is 5.26 Å². The molecular formula is C14H13N5. The smallest absolute Gasteiger partial charge is 0.148 e. The lowest BCUT2D eigenvalue weighted by Crippen LogP contribution is -2.02. The molecule has 1 saturated carbocycles. The monoisotopic (exact) mass is 251 g/mol. The van der Waals surface area contributed by atoms with Gasteiger partial charge in [-0.25, -0.2) is 15.0 Å². The largest absolute Gasteiger partial charge is 0.336 e. The van der Waals surface area contributed by atoms with Crippen LogP contribution < -0.4 is 5.32 Å². The van der Waals surface area contributed by atoms with Crippen LogP contribution >= 0.6 is 0 Å². The lowest BCUT2D eigenvalue weighted by atomic mass is 10.2. The van der Waals surface area contributed by atoms with Crippen LogP contribution in [0, 0.1) is 18.3 Å². The van der Waals surface area contributed by atoms with Crippen molar-refractivity contribution in [2.45, 2.75) is 25.7 Å². The molecule has 0 atom stereocenters. The first-order valence-electron chi connectivity index (χ1n) is 6.22. The Balaban J connectivity index is 1.97. The highest BCUT2D eigenvalue weighted by atomic mass is 15.0. The fraction of sp³-hybridized carbons (Fsp3) is 0.286. The van der Waals surface area contributed by atoms with Gasteiger partial charge in [0.2, 0.25) is 0 Å². The van der Waals surface area contributed by atoms with Crippen LogP contribution in [0.3, 0.4) is 0 Å². The van der Waals surface area contributed by atoms with Crippen LogP contribution in [0.2, 0.25) is 0 Å². The Morgan fingerprint density at radius 1 is 1.37 bits per heavy atom. The molecule has 0 aromatic carbocycles. The minimum Gasteiger partial charge on any atom is -0.336 e. The van der Waals surface area contributed by atoms with E-state index in [9.17, 15) is 0 Å². The molecule has 19 heavy (non-hydrogen) atoms. The van der Waals surface area contributed by atoms with E-state index in [-0.39, 0.29) is 0 Å². The van der Waals surface area contributed by atoms with Crippen LogP contribution in [-0.2, 0) is 0 Å². The van der Waals surface area contributed by atoms with Crippen molar-refractivity contribution in [2.24, 2.45) is 0 Å². The van der Waals surface area contributed by atoms with Crippen LogP contribution in [0.4, 0.5) is 11.5 Å². The third kappa shape index (κ3) is 2.38. The van der Waals surface area contributed by atoms with Gasteiger partial charge in [0.15, 0.2) is 0 Å². The predicted molar refractivity (Wildman–Crippen MR) is 71.0 cm³/mol. The standard InChI is InChI=1S/C14H13N5/c1-9-13(7-16-8-17-9)19-14-11(6-15)4-5-12(18-14)10-2-3-10/h4-5,7-8,10H,2-3H2,1H3,(H,18,19). The van der Waals surface area contributed by atoms with Crippen LogP contribution in [0.1, 0.15) is 35.7 Å². The van der Waals surface area contributed by atoms with Gasteiger partial charge < -0.3 is 5.32 Å². The van der Waals surface area contributed by atoms with E-state index in [2.05, 4.69) is 26.3 Å². The number of hydrogen-bond donors (Lipinski definition) is 1. The molecule has 0 unspecified atom stereocenters. The molecular weight excluding hydrogens is 238 g/mol. The Bertz CT molecular complexity index is 655. The van der Waals surface area contributed by atoms with Gasteiger partial charge in [0, 0.05) is 11.6 Å². The number of nitrogens with one attached hydrogen (secondary N) is 1. The topological polar surface area (TPSA) is 74.5 Å². The number of nitriles is 1. The van der Waals surface area contributed by atoms with E-state index in [1.165, 1.54) is 19.2 Å². The second-order valence-electron chi connectivity index (χ2n) is 4.67. The van der Waals surface area contributed by atoms with Crippen LogP contribution in [0.15, 0.2) is 24.7 Å². The number of rotatable bonds is 3. The van der Waals surface area contributed by atoms with Crippen molar-refractivity contribution < 1.29 is 0 Å². The van der Waals surface area contributed by atoms with E-state index in [1.54, 1.807) is 6.20 Å². The minimum atomic E-state index is 0.535. The van der Waals surface area contributed by atoms with Crippen LogP contribution in [0.25, 0.3) is 0 Å². The van der Waals surface area contributed by atoms with Crippen molar-refractivity contribution in [2.75, 3.05) is 5.32 Å². The van der Waals surface area contributed by atoms with E-state index in [4.69, 9.17) is 5.26 Å². The van der Waals surface area contributed by atoms with Crippen molar-refractivity contribution in [3.8, 4) is 6.07 Å². The second kappa shape index (κ2) is 4.65. The molecule has 0 radical (unpaired) electrons. The van der Waals surface area contributed by atoms with Gasteiger partial charge in [0.25, 0.3) is 0 Å². The zero-order valence-corrected chi connectivity index (χ0v) is 10.6. The zero-order valence-electron chi connectivity index (χ0n) is 10.6. The van der Waals surface area contributed by atoms with Gasteiger partial charge in [-0.05, 0) is 31.9 Å². The minimum absolute atomic E-state index is 0.535. The van der Waals surface area contributed by atoms with Crippen molar-refractivity contribution in [3.05, 3.63) is 41.6 Å². The maximum absolute atomic E-state index is 9.15. The summed E-state index contributed by atoms with van der Waals surface area (Å²) in [6, 6.07) is 5.92. The molecule has 1 fully saturated rings. The van der Waals surface area contributed by atoms with Gasteiger partial charge in [-0.15, -0.1) is 0 Å². The summed E-state index contributed by atoms with van der Waals surface area (Å²) in [4.78, 5) is 12.7. The molecule has 1 aliphatic rings. The molecule has 2 aromatic heterocycles. The molecule has 0 amide bonds. The Morgan fingerprint density at radius 3 is 2.89 bits per heavy atom. The lowest BCUT2D eigenvalue weighted by Gasteiger charge is -2.10. The van der Waals surface area contributed by atoms with E-state index in [1.807, 2.05) is 19.1 Å². The average Bonchev–Trinajstić information content (AvgIpc) is 3.26. The van der Waals surface area contributed by atoms with E-state index >= 15 is 0 Å². The zero-order chi connectivity index (χ0) is 13.2. The maximum atomic E-state index is 9.15. The molecule has 5 nitrogen and oxygen atoms in total. The van der Waals surface area contributed by atoms with Gasteiger partial charge in [-0.2, -0.15) is 5.26 Å². The molecule has 2 heterocycles. The summed E-state index contributed by atoms with van der Waals surface area (Å²) >= 11 is 0. The van der Waals surface area contributed by atoms with E-state index in [0.29, 0.717) is 17.3 Å². The summed E-state index contributed by atoms with van der Waals surface area (Å²) in [6.45, 7) is 1.89. The SMILES string of the molecule is Cc1ncncc1Nc1nc(C2CC2)ccc1C#N. The van der Waals surface area contributed by atoms with E-state index in [0.717, 1.165) is 17.1 Å². The highest BCUT2D eigenvalue weighted by molar-refractivity contribution is 5.63. The third-order valence-corrected chi connectivity index (χ3v) is 3.20. The maximum Gasteiger partial charge on any atom is 0.148 e. The quantitative estimate of drug-likeness (QED) is 0.907. The molecule has 94 valence electrons. The van der Waals surface area contributed by atoms with Gasteiger partial charge in [0.1, 0.15) is 18.2 Å². The summed E-state index contributed by atoms with van der Waals surface area (Å²) in [5, 5.41) is 12.3. The molecule has 1 aliphatic carbocycles. The fourth-order valence-corrected chi connectivity index (χ4v) is 1.91. The number of nitrogens with zero attached hydrogens (tertiary/aromatic N) is 4. The predicted octanol–water partition coefficient (Wildman–Crippen LogP) is 2.67. The summed E-state index contributed by atoms with van der Waals surface area (Å²) in [5.74, 6) is 1.14. The average molecular weight is 251 g/mol.